The van der Waals surface area contributed by atoms with Crippen molar-refractivity contribution in [3.05, 3.63) is 83.0 Å². The van der Waals surface area contributed by atoms with E-state index in [2.05, 4.69) is 10.3 Å². The van der Waals surface area contributed by atoms with Gasteiger partial charge in [0.1, 0.15) is 17.4 Å². The van der Waals surface area contributed by atoms with Crippen molar-refractivity contribution in [2.45, 2.75) is 11.6 Å². The van der Waals surface area contributed by atoms with Gasteiger partial charge in [-0.2, -0.15) is 0 Å². The van der Waals surface area contributed by atoms with E-state index in [1.165, 1.54) is 18.3 Å². The number of hydrogen-bond donors (Lipinski definition) is 2. The zero-order valence-corrected chi connectivity index (χ0v) is 16.7. The zero-order valence-electron chi connectivity index (χ0n) is 15.2. The van der Waals surface area contributed by atoms with Crippen LogP contribution in [0.15, 0.2) is 71.9 Å². The Balaban J connectivity index is 1.64. The minimum Gasteiger partial charge on any atom is -0.487 e. The van der Waals surface area contributed by atoms with Crippen LogP contribution in [-0.4, -0.2) is 27.7 Å². The molecule has 0 atom stereocenters. The molecule has 0 aliphatic carbocycles. The van der Waals surface area contributed by atoms with Crippen molar-refractivity contribution in [1.29, 1.82) is 0 Å². The molecule has 3 aromatic rings. The van der Waals surface area contributed by atoms with Gasteiger partial charge in [0.2, 0.25) is 5.12 Å². The van der Waals surface area contributed by atoms with Crippen LogP contribution in [0.4, 0.5) is 5.69 Å². The van der Waals surface area contributed by atoms with Gasteiger partial charge in [-0.05, 0) is 47.7 Å². The standard InChI is InChI=1S/C21H17ClN2O4S/c22-15-8-9-18(28-13-14-5-2-1-3-6-14)17(11-15)24-12-19(25)29-20-16(21(26)27)7-4-10-23-20/h1-11,24H,12-13H2,(H,26,27). The number of carbonyl (C=O) groups excluding carboxylic acids is 1. The predicted molar refractivity (Wildman–Crippen MR) is 113 cm³/mol. The van der Waals surface area contributed by atoms with Crippen molar-refractivity contribution in [2.24, 2.45) is 0 Å². The topological polar surface area (TPSA) is 88.5 Å². The summed E-state index contributed by atoms with van der Waals surface area (Å²) in [6, 6.07) is 17.7. The lowest BCUT2D eigenvalue weighted by Crippen LogP contribution is -2.12. The fraction of sp³-hybridized carbons (Fsp3) is 0.0952. The number of hydrogen-bond acceptors (Lipinski definition) is 6. The number of benzene rings is 2. The number of aromatic carboxylic acids is 1. The van der Waals surface area contributed by atoms with Gasteiger partial charge in [0, 0.05) is 11.2 Å². The van der Waals surface area contributed by atoms with E-state index in [9.17, 15) is 14.7 Å². The molecule has 148 valence electrons. The van der Waals surface area contributed by atoms with Crippen LogP contribution in [0.5, 0.6) is 5.75 Å². The molecular weight excluding hydrogens is 412 g/mol. The van der Waals surface area contributed by atoms with Crippen LogP contribution in [0.2, 0.25) is 5.02 Å². The second-order valence-electron chi connectivity index (χ2n) is 5.90. The number of pyridine rings is 1. The smallest absolute Gasteiger partial charge is 0.338 e. The third-order valence-electron chi connectivity index (χ3n) is 3.81. The third-order valence-corrected chi connectivity index (χ3v) is 4.94. The summed E-state index contributed by atoms with van der Waals surface area (Å²) in [6.45, 7) is 0.318. The van der Waals surface area contributed by atoms with Crippen LogP contribution in [-0.2, 0) is 11.4 Å². The van der Waals surface area contributed by atoms with Crippen molar-refractivity contribution < 1.29 is 19.4 Å². The van der Waals surface area contributed by atoms with Gasteiger partial charge >= 0.3 is 5.97 Å². The third kappa shape index (κ3) is 5.97. The summed E-state index contributed by atoms with van der Waals surface area (Å²) in [4.78, 5) is 27.5. The molecule has 0 amide bonds. The number of anilines is 1. The molecule has 6 nitrogen and oxygen atoms in total. The minimum absolute atomic E-state index is 0.0134. The van der Waals surface area contributed by atoms with Crippen LogP contribution in [0, 0.1) is 0 Å². The first-order valence-corrected chi connectivity index (χ1v) is 9.81. The van der Waals surface area contributed by atoms with Crippen LogP contribution < -0.4 is 10.1 Å². The first-order valence-electron chi connectivity index (χ1n) is 8.62. The minimum atomic E-state index is -1.13. The van der Waals surface area contributed by atoms with Gasteiger partial charge in [0.05, 0.1) is 17.8 Å². The highest BCUT2D eigenvalue weighted by Gasteiger charge is 2.15. The van der Waals surface area contributed by atoms with Crippen LogP contribution in [0.1, 0.15) is 15.9 Å². The molecule has 2 N–H and O–H groups in total. The van der Waals surface area contributed by atoms with Crippen LogP contribution in [0.3, 0.4) is 0 Å². The number of rotatable bonds is 8. The SMILES string of the molecule is O=C(CNc1cc(Cl)ccc1OCc1ccccc1)Sc1ncccc1C(=O)O. The second kappa shape index (κ2) is 9.95. The monoisotopic (exact) mass is 428 g/mol. The van der Waals surface area contributed by atoms with E-state index in [4.69, 9.17) is 16.3 Å². The van der Waals surface area contributed by atoms with E-state index in [1.807, 2.05) is 30.3 Å². The van der Waals surface area contributed by atoms with Gasteiger partial charge < -0.3 is 15.2 Å². The second-order valence-corrected chi connectivity index (χ2v) is 7.39. The van der Waals surface area contributed by atoms with Gasteiger partial charge in [-0.1, -0.05) is 41.9 Å². The Morgan fingerprint density at radius 1 is 1.10 bits per heavy atom. The molecule has 3 rings (SSSR count). The van der Waals surface area contributed by atoms with E-state index in [0.717, 1.165) is 17.3 Å². The van der Waals surface area contributed by atoms with Crippen molar-refractivity contribution in [1.82, 2.24) is 4.98 Å². The van der Waals surface area contributed by atoms with Crippen molar-refractivity contribution in [3.63, 3.8) is 0 Å². The summed E-state index contributed by atoms with van der Waals surface area (Å²) in [5, 5.41) is 12.6. The highest BCUT2D eigenvalue weighted by molar-refractivity contribution is 8.13. The fourth-order valence-electron chi connectivity index (χ4n) is 2.45. The molecule has 0 fully saturated rings. The summed E-state index contributed by atoms with van der Waals surface area (Å²) in [5.41, 5.74) is 1.57. The normalized spacial score (nSPS) is 10.4. The van der Waals surface area contributed by atoms with Crippen LogP contribution >= 0.6 is 23.4 Å². The number of carboxylic acids is 1. The number of halogens is 1. The lowest BCUT2D eigenvalue weighted by molar-refractivity contribution is -0.109. The summed E-state index contributed by atoms with van der Waals surface area (Å²) in [6.07, 6.45) is 1.45. The van der Waals surface area contributed by atoms with E-state index in [-0.39, 0.29) is 22.2 Å². The first-order chi connectivity index (χ1) is 14.0. The number of carboxylic acid groups (broad SMARTS) is 1. The van der Waals surface area contributed by atoms with E-state index in [1.54, 1.807) is 18.2 Å². The number of thioether (sulfide) groups is 1. The molecule has 1 heterocycles. The van der Waals surface area contributed by atoms with Gasteiger partial charge in [-0.15, -0.1) is 0 Å². The number of ether oxygens (including phenoxy) is 1. The number of nitrogens with one attached hydrogen (secondary N) is 1. The highest BCUT2D eigenvalue weighted by Crippen LogP contribution is 2.29. The molecule has 0 unspecified atom stereocenters. The quantitative estimate of drug-likeness (QED) is 0.501. The van der Waals surface area contributed by atoms with Gasteiger partial charge in [-0.3, -0.25) is 4.79 Å². The molecule has 0 saturated heterocycles. The van der Waals surface area contributed by atoms with E-state index >= 15 is 0 Å². The molecule has 1 aromatic heterocycles. The molecule has 0 spiro atoms. The van der Waals surface area contributed by atoms with E-state index < -0.39 is 5.97 Å². The average Bonchev–Trinajstić information content (AvgIpc) is 2.72. The molecule has 0 aliphatic rings. The number of aromatic nitrogens is 1. The fourth-order valence-corrected chi connectivity index (χ4v) is 3.36. The maximum atomic E-state index is 12.3. The summed E-state index contributed by atoms with van der Waals surface area (Å²) in [7, 11) is 0. The summed E-state index contributed by atoms with van der Waals surface area (Å²) < 4.78 is 5.85. The zero-order chi connectivity index (χ0) is 20.6. The lowest BCUT2D eigenvalue weighted by atomic mass is 10.2. The van der Waals surface area contributed by atoms with Crippen LogP contribution in [0.25, 0.3) is 0 Å². The Morgan fingerprint density at radius 3 is 2.66 bits per heavy atom. The number of carbonyl (C=O) groups is 2. The maximum absolute atomic E-state index is 12.3. The van der Waals surface area contributed by atoms with Gasteiger partial charge in [0.25, 0.3) is 0 Å². The predicted octanol–water partition coefficient (Wildman–Crippen LogP) is 4.74. The molecule has 0 bridgehead atoms. The molecule has 2 aromatic carbocycles. The Kier molecular flexibility index (Phi) is 7.10. The molecule has 8 heteroatoms. The largest absolute Gasteiger partial charge is 0.487 e. The molecular formula is C21H17ClN2O4S. The van der Waals surface area contributed by atoms with E-state index in [0.29, 0.717) is 23.1 Å². The Bertz CT molecular complexity index is 1010. The highest BCUT2D eigenvalue weighted by atomic mass is 35.5. The van der Waals surface area contributed by atoms with Crippen molar-refractivity contribution in [2.75, 3.05) is 11.9 Å². The Morgan fingerprint density at radius 2 is 1.90 bits per heavy atom. The molecule has 0 radical (unpaired) electrons. The van der Waals surface area contributed by atoms with Gasteiger partial charge in [-0.25, -0.2) is 9.78 Å². The Hall–Kier alpha value is -3.03. The van der Waals surface area contributed by atoms with Crippen molar-refractivity contribution >= 4 is 40.1 Å². The molecule has 0 saturated carbocycles. The summed E-state index contributed by atoms with van der Waals surface area (Å²) >= 11 is 6.84. The van der Waals surface area contributed by atoms with Crippen molar-refractivity contribution in [3.8, 4) is 5.75 Å². The number of nitrogens with zero attached hydrogens (tertiary/aromatic N) is 1. The molecule has 0 aliphatic heterocycles. The first kappa shape index (κ1) is 20.7. The van der Waals surface area contributed by atoms with Gasteiger partial charge in [0.15, 0.2) is 0 Å². The maximum Gasteiger partial charge on any atom is 0.338 e. The lowest BCUT2D eigenvalue weighted by Gasteiger charge is -2.13. The average molecular weight is 429 g/mol. The Labute approximate surface area is 176 Å². The molecule has 29 heavy (non-hydrogen) atoms. The summed E-state index contributed by atoms with van der Waals surface area (Å²) in [5.74, 6) is -0.576.